The fourth-order valence-corrected chi connectivity index (χ4v) is 4.18. The molecule has 0 aromatic heterocycles. The Balaban J connectivity index is 0.00000264. The highest BCUT2D eigenvalue weighted by Crippen LogP contribution is 2.32. The molecule has 0 bridgehead atoms. The Labute approximate surface area is 140 Å². The van der Waals surface area contributed by atoms with Gasteiger partial charge in [-0.1, -0.05) is 25.1 Å². The number of nitrogens with zero attached hydrogens (tertiary/aromatic N) is 1. The lowest BCUT2D eigenvalue weighted by atomic mass is 9.90. The zero-order valence-electron chi connectivity index (χ0n) is 12.6. The number of hydrogen-bond donors (Lipinski definition) is 1. The van der Waals surface area contributed by atoms with E-state index in [4.69, 9.17) is 5.73 Å². The molecule has 1 atom stereocenters. The average Bonchev–Trinajstić information content (AvgIpc) is 2.82. The molecule has 23 heavy (non-hydrogen) atoms. The molecule has 132 valence electrons. The molecule has 1 fully saturated rings. The third kappa shape index (κ3) is 4.82. The highest BCUT2D eigenvalue weighted by atomic mass is 35.5. The van der Waals surface area contributed by atoms with Crippen LogP contribution >= 0.6 is 12.4 Å². The summed E-state index contributed by atoms with van der Waals surface area (Å²) in [5.41, 5.74) is 4.68. The molecule has 0 amide bonds. The van der Waals surface area contributed by atoms with E-state index in [1.807, 2.05) is 6.92 Å². The van der Waals surface area contributed by atoms with Gasteiger partial charge >= 0.3 is 6.18 Å². The zero-order valence-corrected chi connectivity index (χ0v) is 14.3. The van der Waals surface area contributed by atoms with Gasteiger partial charge in [-0.25, -0.2) is 12.7 Å². The van der Waals surface area contributed by atoms with Crippen LogP contribution in [0.15, 0.2) is 24.3 Å². The fourth-order valence-electron chi connectivity index (χ4n) is 2.52. The molecular weight excluding hydrogens is 353 g/mol. The maximum Gasteiger partial charge on any atom is 0.416 e. The van der Waals surface area contributed by atoms with Crippen molar-refractivity contribution in [2.24, 2.45) is 11.1 Å². The molecule has 0 radical (unpaired) electrons. The number of alkyl halides is 3. The summed E-state index contributed by atoms with van der Waals surface area (Å²) in [6, 6.07) is 4.43. The summed E-state index contributed by atoms with van der Waals surface area (Å²) in [6.07, 6.45) is -3.82. The van der Waals surface area contributed by atoms with Crippen molar-refractivity contribution >= 4 is 22.4 Å². The van der Waals surface area contributed by atoms with E-state index in [1.54, 1.807) is 0 Å². The van der Waals surface area contributed by atoms with Crippen molar-refractivity contribution in [3.63, 3.8) is 0 Å². The van der Waals surface area contributed by atoms with Crippen molar-refractivity contribution in [1.82, 2.24) is 4.31 Å². The second kappa shape index (κ2) is 6.96. The van der Waals surface area contributed by atoms with Crippen LogP contribution in [0.5, 0.6) is 0 Å². The zero-order chi connectivity index (χ0) is 16.6. The second-order valence-corrected chi connectivity index (χ2v) is 8.02. The molecule has 1 unspecified atom stereocenters. The van der Waals surface area contributed by atoms with Gasteiger partial charge in [0.15, 0.2) is 0 Å². The molecule has 0 aliphatic carbocycles. The third-order valence-electron chi connectivity index (χ3n) is 4.01. The Bertz CT molecular complexity index is 652. The minimum absolute atomic E-state index is 0. The lowest BCUT2D eigenvalue weighted by molar-refractivity contribution is -0.137. The van der Waals surface area contributed by atoms with E-state index in [0.717, 1.165) is 12.1 Å². The van der Waals surface area contributed by atoms with Crippen LogP contribution in [0.3, 0.4) is 0 Å². The van der Waals surface area contributed by atoms with E-state index in [0.29, 0.717) is 26.1 Å². The van der Waals surface area contributed by atoms with Crippen LogP contribution in [-0.2, 0) is 22.0 Å². The van der Waals surface area contributed by atoms with Gasteiger partial charge in [-0.2, -0.15) is 13.2 Å². The summed E-state index contributed by atoms with van der Waals surface area (Å²) < 4.78 is 64.1. The summed E-state index contributed by atoms with van der Waals surface area (Å²) in [6.45, 7) is 2.95. The molecule has 1 heterocycles. The fraction of sp³-hybridized carbons (Fsp3) is 0.571. The van der Waals surface area contributed by atoms with Gasteiger partial charge < -0.3 is 5.73 Å². The van der Waals surface area contributed by atoms with Crippen molar-refractivity contribution in [2.45, 2.75) is 25.3 Å². The van der Waals surface area contributed by atoms with Crippen LogP contribution in [0.25, 0.3) is 0 Å². The first-order valence-corrected chi connectivity index (χ1v) is 8.51. The van der Waals surface area contributed by atoms with E-state index in [2.05, 4.69) is 0 Å². The number of benzene rings is 1. The quantitative estimate of drug-likeness (QED) is 0.883. The van der Waals surface area contributed by atoms with Crippen LogP contribution < -0.4 is 5.73 Å². The molecule has 1 aromatic carbocycles. The minimum Gasteiger partial charge on any atom is -0.330 e. The van der Waals surface area contributed by atoms with E-state index >= 15 is 0 Å². The predicted octanol–water partition coefficient (Wildman–Crippen LogP) is 2.63. The highest BCUT2D eigenvalue weighted by Gasteiger charge is 2.38. The number of hydrogen-bond acceptors (Lipinski definition) is 3. The van der Waals surface area contributed by atoms with E-state index in [1.165, 1.54) is 16.4 Å². The third-order valence-corrected chi connectivity index (χ3v) is 5.81. The highest BCUT2D eigenvalue weighted by molar-refractivity contribution is 7.88. The summed E-state index contributed by atoms with van der Waals surface area (Å²) in [5, 5.41) is 0. The molecule has 9 heteroatoms. The van der Waals surface area contributed by atoms with Gasteiger partial charge in [-0.3, -0.25) is 0 Å². The summed E-state index contributed by atoms with van der Waals surface area (Å²) in [7, 11) is -3.65. The Morgan fingerprint density at radius 1 is 1.35 bits per heavy atom. The summed E-state index contributed by atoms with van der Waals surface area (Å²) in [4.78, 5) is 0. The van der Waals surface area contributed by atoms with Gasteiger partial charge in [0.2, 0.25) is 10.0 Å². The van der Waals surface area contributed by atoms with Crippen molar-refractivity contribution in [3.05, 3.63) is 35.4 Å². The van der Waals surface area contributed by atoms with Crippen molar-refractivity contribution in [1.29, 1.82) is 0 Å². The SMILES string of the molecule is CC1(CN)CCN(S(=O)(=O)Cc2cccc(C(F)(F)F)c2)C1.Cl. The molecule has 1 aromatic rings. The average molecular weight is 373 g/mol. The monoisotopic (exact) mass is 372 g/mol. The van der Waals surface area contributed by atoms with Crippen LogP contribution in [0.4, 0.5) is 13.2 Å². The molecule has 2 rings (SSSR count). The first-order chi connectivity index (χ1) is 10.1. The standard InChI is InChI=1S/C14H19F3N2O2S.ClH/c1-13(9-18)5-6-19(10-13)22(20,21)8-11-3-2-4-12(7-11)14(15,16)17;/h2-4,7H,5-6,8-10,18H2,1H3;1H. The molecular formula is C14H20ClF3N2O2S. The normalized spacial score (nSPS) is 22.8. The molecule has 1 saturated heterocycles. The predicted molar refractivity (Wildman–Crippen MR) is 84.7 cm³/mol. The number of halogens is 4. The lowest BCUT2D eigenvalue weighted by Crippen LogP contribution is -2.35. The molecule has 4 nitrogen and oxygen atoms in total. The number of rotatable bonds is 4. The molecule has 2 N–H and O–H groups in total. The van der Waals surface area contributed by atoms with Crippen LogP contribution in [0.2, 0.25) is 0 Å². The van der Waals surface area contributed by atoms with Gasteiger partial charge in [0, 0.05) is 13.1 Å². The van der Waals surface area contributed by atoms with E-state index in [-0.39, 0.29) is 23.4 Å². The van der Waals surface area contributed by atoms with Gasteiger partial charge in [0.05, 0.1) is 11.3 Å². The van der Waals surface area contributed by atoms with E-state index < -0.39 is 27.5 Å². The minimum atomic E-state index is -4.48. The first kappa shape index (κ1) is 20.2. The van der Waals surface area contributed by atoms with Crippen LogP contribution in [0, 0.1) is 5.41 Å². The summed E-state index contributed by atoms with van der Waals surface area (Å²) in [5.74, 6) is -0.433. The molecule has 0 spiro atoms. The van der Waals surface area contributed by atoms with E-state index in [9.17, 15) is 21.6 Å². The van der Waals surface area contributed by atoms with Gasteiger partial charge in [-0.15, -0.1) is 12.4 Å². The Morgan fingerprint density at radius 3 is 2.52 bits per heavy atom. The van der Waals surface area contributed by atoms with Gasteiger partial charge in [-0.05, 0) is 30.0 Å². The van der Waals surface area contributed by atoms with Crippen molar-refractivity contribution in [2.75, 3.05) is 19.6 Å². The maximum atomic E-state index is 12.7. The first-order valence-electron chi connectivity index (χ1n) is 6.90. The Kier molecular flexibility index (Phi) is 6.12. The van der Waals surface area contributed by atoms with Gasteiger partial charge in [0.1, 0.15) is 0 Å². The second-order valence-electron chi connectivity index (χ2n) is 6.05. The Hall–Kier alpha value is -0.830. The smallest absolute Gasteiger partial charge is 0.330 e. The number of sulfonamides is 1. The van der Waals surface area contributed by atoms with Crippen molar-refractivity contribution in [3.8, 4) is 0 Å². The van der Waals surface area contributed by atoms with Crippen LogP contribution in [0.1, 0.15) is 24.5 Å². The Morgan fingerprint density at radius 2 is 2.00 bits per heavy atom. The topological polar surface area (TPSA) is 63.4 Å². The van der Waals surface area contributed by atoms with Gasteiger partial charge in [0.25, 0.3) is 0 Å². The number of nitrogens with two attached hydrogens (primary N) is 1. The summed E-state index contributed by atoms with van der Waals surface area (Å²) >= 11 is 0. The van der Waals surface area contributed by atoms with Crippen LogP contribution in [-0.4, -0.2) is 32.4 Å². The molecule has 1 aliphatic heterocycles. The molecule has 0 saturated carbocycles. The van der Waals surface area contributed by atoms with Crippen molar-refractivity contribution < 1.29 is 21.6 Å². The lowest BCUT2D eigenvalue weighted by Gasteiger charge is -2.22. The maximum absolute atomic E-state index is 12.7. The molecule has 1 aliphatic rings. The largest absolute Gasteiger partial charge is 0.416 e.